The van der Waals surface area contributed by atoms with Crippen LogP contribution < -0.4 is 5.32 Å². The Hall–Kier alpha value is -1.45. The smallest absolute Gasteiger partial charge is 0.0518 e. The van der Waals surface area contributed by atoms with Crippen LogP contribution in [0.1, 0.15) is 25.8 Å². The van der Waals surface area contributed by atoms with Gasteiger partial charge in [0, 0.05) is 30.9 Å². The Bertz CT molecular complexity index is 511. The Morgan fingerprint density at radius 1 is 1.21 bits per heavy atom. The maximum atomic E-state index is 5.50. The third-order valence-electron chi connectivity index (χ3n) is 2.98. The quantitative estimate of drug-likeness (QED) is 0.775. The van der Waals surface area contributed by atoms with Crippen molar-refractivity contribution >= 4 is 10.8 Å². The first-order valence-electron chi connectivity index (χ1n) is 6.90. The van der Waals surface area contributed by atoms with Crippen molar-refractivity contribution in [2.75, 3.05) is 13.2 Å². The zero-order valence-electron chi connectivity index (χ0n) is 11.7. The molecule has 0 aliphatic rings. The minimum absolute atomic E-state index is 0.328. The maximum absolute atomic E-state index is 5.50. The normalized spacial score (nSPS) is 11.3. The number of hydrogen-bond donors (Lipinski definition) is 1. The summed E-state index contributed by atoms with van der Waals surface area (Å²) in [4.78, 5) is 4.12. The van der Waals surface area contributed by atoms with Crippen LogP contribution in [0.15, 0.2) is 36.7 Å². The van der Waals surface area contributed by atoms with Gasteiger partial charge in [-0.15, -0.1) is 0 Å². The van der Waals surface area contributed by atoms with Crippen LogP contribution in [0.3, 0.4) is 0 Å². The van der Waals surface area contributed by atoms with Crippen molar-refractivity contribution < 1.29 is 4.74 Å². The van der Waals surface area contributed by atoms with Gasteiger partial charge in [0.05, 0.1) is 6.10 Å². The minimum Gasteiger partial charge on any atom is -0.379 e. The summed E-state index contributed by atoms with van der Waals surface area (Å²) in [5.41, 5.74) is 1.31. The molecule has 3 nitrogen and oxygen atoms in total. The fourth-order valence-electron chi connectivity index (χ4n) is 1.99. The lowest BCUT2D eigenvalue weighted by atomic mass is 10.1. The van der Waals surface area contributed by atoms with Gasteiger partial charge in [-0.3, -0.25) is 4.98 Å². The summed E-state index contributed by atoms with van der Waals surface area (Å²) in [6.45, 7) is 6.85. The van der Waals surface area contributed by atoms with E-state index in [0.29, 0.717) is 6.10 Å². The Morgan fingerprint density at radius 3 is 2.95 bits per heavy atom. The molecule has 2 aromatic rings. The third kappa shape index (κ3) is 4.62. The van der Waals surface area contributed by atoms with E-state index >= 15 is 0 Å². The number of benzene rings is 1. The Kier molecular flexibility index (Phi) is 5.31. The molecule has 0 aliphatic heterocycles. The maximum Gasteiger partial charge on any atom is 0.0518 e. The van der Waals surface area contributed by atoms with E-state index in [1.54, 1.807) is 0 Å². The van der Waals surface area contributed by atoms with E-state index in [0.717, 1.165) is 26.1 Å². The standard InChI is InChI=1S/C16H22N2O/c1-13(2)19-9-3-7-17-11-14-4-5-16-12-18-8-6-15(16)10-14/h4-6,8,10,12-13,17H,3,7,9,11H2,1-2H3. The number of rotatable bonds is 7. The van der Waals surface area contributed by atoms with E-state index in [1.165, 1.54) is 16.3 Å². The van der Waals surface area contributed by atoms with Crippen molar-refractivity contribution in [2.45, 2.75) is 32.9 Å². The second kappa shape index (κ2) is 7.22. The van der Waals surface area contributed by atoms with E-state index in [1.807, 2.05) is 12.4 Å². The first kappa shape index (κ1) is 14.0. The molecule has 3 heteroatoms. The molecule has 1 aromatic heterocycles. The molecular formula is C16H22N2O. The Balaban J connectivity index is 1.75. The average molecular weight is 258 g/mol. The minimum atomic E-state index is 0.328. The van der Waals surface area contributed by atoms with Crippen molar-refractivity contribution in [3.8, 4) is 0 Å². The summed E-state index contributed by atoms with van der Waals surface area (Å²) >= 11 is 0. The molecule has 2 rings (SSSR count). The molecule has 0 bridgehead atoms. The van der Waals surface area contributed by atoms with Gasteiger partial charge >= 0.3 is 0 Å². The Morgan fingerprint density at radius 2 is 2.11 bits per heavy atom. The lowest BCUT2D eigenvalue weighted by Gasteiger charge is -2.08. The highest BCUT2D eigenvalue weighted by molar-refractivity contribution is 5.81. The van der Waals surface area contributed by atoms with Crippen molar-refractivity contribution in [3.05, 3.63) is 42.2 Å². The van der Waals surface area contributed by atoms with Crippen LogP contribution >= 0.6 is 0 Å². The van der Waals surface area contributed by atoms with Gasteiger partial charge in [-0.25, -0.2) is 0 Å². The van der Waals surface area contributed by atoms with Gasteiger partial charge in [0.2, 0.25) is 0 Å². The highest BCUT2D eigenvalue weighted by atomic mass is 16.5. The van der Waals surface area contributed by atoms with Crippen molar-refractivity contribution in [2.24, 2.45) is 0 Å². The molecule has 19 heavy (non-hydrogen) atoms. The molecule has 0 unspecified atom stereocenters. The second-order valence-electron chi connectivity index (χ2n) is 5.01. The lowest BCUT2D eigenvalue weighted by Crippen LogP contribution is -2.17. The van der Waals surface area contributed by atoms with Crippen LogP contribution in [0.25, 0.3) is 10.8 Å². The number of hydrogen-bond acceptors (Lipinski definition) is 3. The molecule has 1 aromatic carbocycles. The number of nitrogens with zero attached hydrogens (tertiary/aromatic N) is 1. The third-order valence-corrected chi connectivity index (χ3v) is 2.98. The molecule has 102 valence electrons. The molecule has 0 amide bonds. The average Bonchev–Trinajstić information content (AvgIpc) is 2.42. The molecule has 0 spiro atoms. The van der Waals surface area contributed by atoms with Gasteiger partial charge in [0.15, 0.2) is 0 Å². The summed E-state index contributed by atoms with van der Waals surface area (Å²) in [6, 6.07) is 8.55. The number of aromatic nitrogens is 1. The zero-order valence-corrected chi connectivity index (χ0v) is 11.7. The van der Waals surface area contributed by atoms with Crippen LogP contribution in [-0.2, 0) is 11.3 Å². The summed E-state index contributed by atoms with van der Waals surface area (Å²) in [5.74, 6) is 0. The molecule has 0 aliphatic carbocycles. The first-order chi connectivity index (χ1) is 9.25. The van der Waals surface area contributed by atoms with E-state index in [2.05, 4.69) is 48.4 Å². The van der Waals surface area contributed by atoms with Gasteiger partial charge in [0.1, 0.15) is 0 Å². The summed E-state index contributed by atoms with van der Waals surface area (Å²) < 4.78 is 5.50. The molecule has 1 heterocycles. The topological polar surface area (TPSA) is 34.1 Å². The highest BCUT2D eigenvalue weighted by Crippen LogP contribution is 2.14. The number of ether oxygens (including phenoxy) is 1. The SMILES string of the molecule is CC(C)OCCCNCc1ccc2cnccc2c1. The first-order valence-corrected chi connectivity index (χ1v) is 6.90. The largest absolute Gasteiger partial charge is 0.379 e. The fourth-order valence-corrected chi connectivity index (χ4v) is 1.99. The molecule has 0 radical (unpaired) electrons. The molecule has 0 saturated carbocycles. The van der Waals surface area contributed by atoms with E-state index < -0.39 is 0 Å². The van der Waals surface area contributed by atoms with Gasteiger partial charge in [-0.05, 0) is 49.9 Å². The zero-order chi connectivity index (χ0) is 13.5. The van der Waals surface area contributed by atoms with Gasteiger partial charge in [0.25, 0.3) is 0 Å². The summed E-state index contributed by atoms with van der Waals surface area (Å²) in [7, 11) is 0. The van der Waals surface area contributed by atoms with Crippen LogP contribution in [0.2, 0.25) is 0 Å². The predicted octanol–water partition coefficient (Wildman–Crippen LogP) is 3.14. The van der Waals surface area contributed by atoms with Gasteiger partial charge in [-0.2, -0.15) is 0 Å². The number of nitrogens with one attached hydrogen (secondary N) is 1. The van der Waals surface area contributed by atoms with Crippen LogP contribution in [-0.4, -0.2) is 24.2 Å². The van der Waals surface area contributed by atoms with Crippen molar-refractivity contribution in [3.63, 3.8) is 0 Å². The monoisotopic (exact) mass is 258 g/mol. The molecule has 0 saturated heterocycles. The highest BCUT2D eigenvalue weighted by Gasteiger charge is 1.97. The predicted molar refractivity (Wildman–Crippen MR) is 79.2 cm³/mol. The molecular weight excluding hydrogens is 236 g/mol. The Labute approximate surface area is 115 Å². The van der Waals surface area contributed by atoms with Crippen LogP contribution in [0.4, 0.5) is 0 Å². The van der Waals surface area contributed by atoms with Crippen molar-refractivity contribution in [1.29, 1.82) is 0 Å². The van der Waals surface area contributed by atoms with Crippen LogP contribution in [0, 0.1) is 0 Å². The van der Waals surface area contributed by atoms with Crippen molar-refractivity contribution in [1.82, 2.24) is 10.3 Å². The lowest BCUT2D eigenvalue weighted by molar-refractivity contribution is 0.0770. The number of fused-ring (bicyclic) bond motifs is 1. The van der Waals surface area contributed by atoms with Gasteiger partial charge in [-0.1, -0.05) is 12.1 Å². The second-order valence-corrected chi connectivity index (χ2v) is 5.01. The fraction of sp³-hybridized carbons (Fsp3) is 0.438. The molecule has 1 N–H and O–H groups in total. The summed E-state index contributed by atoms with van der Waals surface area (Å²) in [5, 5.41) is 5.88. The van der Waals surface area contributed by atoms with Crippen LogP contribution in [0.5, 0.6) is 0 Å². The van der Waals surface area contributed by atoms with E-state index in [9.17, 15) is 0 Å². The van der Waals surface area contributed by atoms with Gasteiger partial charge < -0.3 is 10.1 Å². The molecule has 0 fully saturated rings. The molecule has 0 atom stereocenters. The summed E-state index contributed by atoms with van der Waals surface area (Å²) in [6.07, 6.45) is 5.11. The van der Waals surface area contributed by atoms with E-state index in [-0.39, 0.29) is 0 Å². The number of pyridine rings is 1. The van der Waals surface area contributed by atoms with E-state index in [4.69, 9.17) is 4.74 Å².